The van der Waals surface area contributed by atoms with Crippen molar-refractivity contribution in [2.24, 2.45) is 0 Å². The second-order valence-corrected chi connectivity index (χ2v) is 5.05. The quantitative estimate of drug-likeness (QED) is 0.391. The van der Waals surface area contributed by atoms with E-state index in [1.807, 2.05) is 36.4 Å². The summed E-state index contributed by atoms with van der Waals surface area (Å²) in [4.78, 5) is 24.9. The van der Waals surface area contributed by atoms with Gasteiger partial charge < -0.3 is 15.2 Å². The van der Waals surface area contributed by atoms with Crippen LogP contribution in [-0.2, 0) is 9.59 Å². The number of H-pyrrole nitrogens is 1. The molecule has 0 amide bonds. The zero-order chi connectivity index (χ0) is 16.4. The molecule has 3 rings (SSSR count). The van der Waals surface area contributed by atoms with Gasteiger partial charge in [-0.2, -0.15) is 0 Å². The molecule has 0 unspecified atom stereocenters. The number of carboxylic acids is 1. The van der Waals surface area contributed by atoms with Gasteiger partial charge in [-0.05, 0) is 29.8 Å². The number of carbonyl (C=O) groups is 2. The minimum Gasteiger partial charge on any atom is -0.507 e. The van der Waals surface area contributed by atoms with E-state index in [1.54, 1.807) is 18.2 Å². The molecule has 3 aromatic rings. The maximum atomic E-state index is 11.1. The molecule has 0 bridgehead atoms. The van der Waals surface area contributed by atoms with Crippen molar-refractivity contribution in [1.29, 1.82) is 0 Å². The monoisotopic (exact) mass is 307 g/mol. The van der Waals surface area contributed by atoms with E-state index in [0.29, 0.717) is 11.6 Å². The maximum absolute atomic E-state index is 11.1. The lowest BCUT2D eigenvalue weighted by Gasteiger charge is -1.99. The van der Waals surface area contributed by atoms with E-state index < -0.39 is 11.8 Å². The van der Waals surface area contributed by atoms with Gasteiger partial charge in [-0.3, -0.25) is 4.79 Å². The van der Waals surface area contributed by atoms with Crippen molar-refractivity contribution < 1.29 is 19.8 Å². The van der Waals surface area contributed by atoms with E-state index in [1.165, 1.54) is 0 Å². The number of aromatic nitrogens is 1. The van der Waals surface area contributed by atoms with Gasteiger partial charge in [-0.15, -0.1) is 0 Å². The SMILES string of the molecule is O=C(O)C(=O)/C=C(\O)c1ccc2[nH]c(-c3ccccc3)cc2c1. The number of aliphatic hydroxyl groups is 1. The molecule has 23 heavy (non-hydrogen) atoms. The molecule has 0 fully saturated rings. The van der Waals surface area contributed by atoms with Crippen LogP contribution in [0.3, 0.4) is 0 Å². The number of carbonyl (C=O) groups excluding carboxylic acids is 1. The van der Waals surface area contributed by atoms with Crippen LogP contribution >= 0.6 is 0 Å². The Morgan fingerprint density at radius 3 is 2.39 bits per heavy atom. The number of hydrogen-bond acceptors (Lipinski definition) is 3. The second kappa shape index (κ2) is 5.81. The Morgan fingerprint density at radius 2 is 1.70 bits per heavy atom. The molecule has 0 saturated heterocycles. The lowest BCUT2D eigenvalue weighted by atomic mass is 10.1. The maximum Gasteiger partial charge on any atom is 0.376 e. The van der Waals surface area contributed by atoms with E-state index >= 15 is 0 Å². The summed E-state index contributed by atoms with van der Waals surface area (Å²) in [7, 11) is 0. The highest BCUT2D eigenvalue weighted by molar-refractivity contribution is 6.38. The fourth-order valence-corrected chi connectivity index (χ4v) is 2.33. The molecule has 0 spiro atoms. The summed E-state index contributed by atoms with van der Waals surface area (Å²) in [5.74, 6) is -3.14. The van der Waals surface area contributed by atoms with Gasteiger partial charge >= 0.3 is 5.97 Å². The standard InChI is InChI=1S/C18H13NO4/c20-16(10-17(21)18(22)23)12-6-7-14-13(8-12)9-15(19-14)11-4-2-1-3-5-11/h1-10,19-20H,(H,22,23)/b16-10-. The normalized spacial score (nSPS) is 11.6. The molecule has 1 heterocycles. The smallest absolute Gasteiger partial charge is 0.376 e. The lowest BCUT2D eigenvalue weighted by molar-refractivity contribution is -0.146. The predicted molar refractivity (Wildman–Crippen MR) is 87.0 cm³/mol. The molecule has 3 N–H and O–H groups in total. The number of hydrogen-bond donors (Lipinski definition) is 3. The van der Waals surface area contributed by atoms with Gasteiger partial charge in [-0.25, -0.2) is 4.79 Å². The average Bonchev–Trinajstić information content (AvgIpc) is 2.98. The number of aliphatic hydroxyl groups excluding tert-OH is 1. The highest BCUT2D eigenvalue weighted by Crippen LogP contribution is 2.26. The second-order valence-electron chi connectivity index (χ2n) is 5.05. The van der Waals surface area contributed by atoms with Crippen LogP contribution in [0.2, 0.25) is 0 Å². The molecule has 0 radical (unpaired) electrons. The Hall–Kier alpha value is -3.34. The molecule has 5 heteroatoms. The van der Waals surface area contributed by atoms with Crippen molar-refractivity contribution in [3.05, 3.63) is 66.2 Å². The molecule has 5 nitrogen and oxygen atoms in total. The molecule has 0 saturated carbocycles. The van der Waals surface area contributed by atoms with Gasteiger partial charge in [0, 0.05) is 28.2 Å². The number of carboxylic acid groups (broad SMARTS) is 1. The molecular formula is C18H13NO4. The Morgan fingerprint density at radius 1 is 0.957 bits per heavy atom. The third kappa shape index (κ3) is 2.98. The fourth-order valence-electron chi connectivity index (χ4n) is 2.33. The first kappa shape index (κ1) is 14.6. The lowest BCUT2D eigenvalue weighted by Crippen LogP contribution is -2.09. The van der Waals surface area contributed by atoms with Crippen LogP contribution in [0.5, 0.6) is 0 Å². The van der Waals surface area contributed by atoms with Crippen LogP contribution in [0, 0.1) is 0 Å². The van der Waals surface area contributed by atoms with E-state index in [-0.39, 0.29) is 5.76 Å². The summed E-state index contributed by atoms with van der Waals surface area (Å²) >= 11 is 0. The van der Waals surface area contributed by atoms with Crippen molar-refractivity contribution in [2.45, 2.75) is 0 Å². The predicted octanol–water partition coefficient (Wildman–Crippen LogP) is 3.39. The first-order chi connectivity index (χ1) is 11.0. The van der Waals surface area contributed by atoms with E-state index in [4.69, 9.17) is 5.11 Å². The van der Waals surface area contributed by atoms with Gasteiger partial charge in [0.15, 0.2) is 0 Å². The van der Waals surface area contributed by atoms with Crippen LogP contribution in [0.1, 0.15) is 5.56 Å². The van der Waals surface area contributed by atoms with Crippen LogP contribution in [0.25, 0.3) is 27.9 Å². The van der Waals surface area contributed by atoms with Crippen molar-refractivity contribution in [3.8, 4) is 11.3 Å². The summed E-state index contributed by atoms with van der Waals surface area (Å²) in [5, 5.41) is 19.3. The average molecular weight is 307 g/mol. The molecule has 0 aliphatic rings. The van der Waals surface area contributed by atoms with Crippen molar-refractivity contribution in [3.63, 3.8) is 0 Å². The van der Waals surface area contributed by atoms with E-state index in [2.05, 4.69) is 4.98 Å². The zero-order valence-corrected chi connectivity index (χ0v) is 12.0. The number of ketones is 1. The third-order valence-electron chi connectivity index (χ3n) is 3.48. The molecule has 0 aliphatic carbocycles. The van der Waals surface area contributed by atoms with Gasteiger partial charge in [0.1, 0.15) is 5.76 Å². The number of fused-ring (bicyclic) bond motifs is 1. The van der Waals surface area contributed by atoms with Crippen molar-refractivity contribution in [1.82, 2.24) is 4.98 Å². The minimum absolute atomic E-state index is 0.373. The Kier molecular flexibility index (Phi) is 3.68. The first-order valence-electron chi connectivity index (χ1n) is 6.91. The van der Waals surface area contributed by atoms with Crippen molar-refractivity contribution >= 4 is 28.4 Å². The molecule has 0 atom stereocenters. The van der Waals surface area contributed by atoms with E-state index in [9.17, 15) is 14.7 Å². The highest BCUT2D eigenvalue weighted by Gasteiger charge is 2.11. The van der Waals surface area contributed by atoms with Crippen LogP contribution in [-0.4, -0.2) is 26.9 Å². The minimum atomic E-state index is -1.61. The number of aromatic amines is 1. The van der Waals surface area contributed by atoms with Crippen LogP contribution < -0.4 is 0 Å². The Balaban J connectivity index is 2.00. The van der Waals surface area contributed by atoms with Gasteiger partial charge in [0.2, 0.25) is 0 Å². The topological polar surface area (TPSA) is 90.4 Å². The fraction of sp³-hybridized carbons (Fsp3) is 0. The van der Waals surface area contributed by atoms with Crippen LogP contribution in [0.4, 0.5) is 0 Å². The highest BCUT2D eigenvalue weighted by atomic mass is 16.4. The number of rotatable bonds is 4. The van der Waals surface area contributed by atoms with Gasteiger partial charge in [-0.1, -0.05) is 30.3 Å². The third-order valence-corrected chi connectivity index (χ3v) is 3.48. The Bertz CT molecular complexity index is 923. The number of aliphatic carboxylic acids is 1. The largest absolute Gasteiger partial charge is 0.507 e. The summed E-state index contributed by atoms with van der Waals surface area (Å²) < 4.78 is 0. The number of nitrogens with one attached hydrogen (secondary N) is 1. The molecule has 114 valence electrons. The molecule has 0 aliphatic heterocycles. The summed E-state index contributed by atoms with van der Waals surface area (Å²) in [6.07, 6.45) is 0.703. The molecule has 1 aromatic heterocycles. The molecule has 2 aromatic carbocycles. The molecular weight excluding hydrogens is 294 g/mol. The van der Waals surface area contributed by atoms with Gasteiger partial charge in [0.25, 0.3) is 5.78 Å². The summed E-state index contributed by atoms with van der Waals surface area (Å²) in [6, 6.07) is 16.8. The van der Waals surface area contributed by atoms with E-state index in [0.717, 1.165) is 22.2 Å². The number of benzene rings is 2. The zero-order valence-electron chi connectivity index (χ0n) is 12.0. The Labute approximate surface area is 131 Å². The van der Waals surface area contributed by atoms with Crippen LogP contribution in [0.15, 0.2) is 60.7 Å². The van der Waals surface area contributed by atoms with Gasteiger partial charge in [0.05, 0.1) is 0 Å². The first-order valence-corrected chi connectivity index (χ1v) is 6.91. The van der Waals surface area contributed by atoms with Crippen molar-refractivity contribution in [2.75, 3.05) is 0 Å². The summed E-state index contributed by atoms with van der Waals surface area (Å²) in [6.45, 7) is 0. The summed E-state index contributed by atoms with van der Waals surface area (Å²) in [5.41, 5.74) is 3.23.